The molecule has 0 unspecified atom stereocenters. The Morgan fingerprint density at radius 2 is 0.771 bits per heavy atom. The maximum Gasteiger partial charge on any atom is 0.273 e. The van der Waals surface area contributed by atoms with Crippen molar-refractivity contribution >= 4 is 74.7 Å². The second kappa shape index (κ2) is 48.4. The van der Waals surface area contributed by atoms with Crippen molar-refractivity contribution in [1.82, 2.24) is 64.9 Å². The van der Waals surface area contributed by atoms with Gasteiger partial charge in [-0.2, -0.15) is 0 Å². The van der Waals surface area contributed by atoms with Gasteiger partial charge in [-0.05, 0) is 149 Å². The number of amides is 4. The normalized spacial score (nSPS) is 13.5. The van der Waals surface area contributed by atoms with Gasteiger partial charge in [0.2, 0.25) is 33.1 Å². The lowest BCUT2D eigenvalue weighted by atomic mass is 10.00. The van der Waals surface area contributed by atoms with E-state index in [0.29, 0.717) is 102 Å². The number of methoxy groups -OCH3 is 3. The molecule has 19 rings (SSSR count). The van der Waals surface area contributed by atoms with Gasteiger partial charge < -0.3 is 77.4 Å². The van der Waals surface area contributed by atoms with Crippen LogP contribution < -0.4 is 62.7 Å². The summed E-state index contributed by atoms with van der Waals surface area (Å²) in [4.78, 5) is 83.8. The Balaban J connectivity index is 0.000000135. The summed E-state index contributed by atoms with van der Waals surface area (Å²) in [6, 6.07) is 63.8. The summed E-state index contributed by atoms with van der Waals surface area (Å²) in [5.41, 5.74) is 17.6. The number of carbonyl (C=O) groups excluding carboxylic acids is 4. The lowest BCUT2D eigenvalue weighted by molar-refractivity contribution is -0.130. The first-order chi connectivity index (χ1) is 68.1. The van der Waals surface area contributed by atoms with E-state index in [1.54, 1.807) is 39.6 Å². The van der Waals surface area contributed by atoms with Gasteiger partial charge in [0.25, 0.3) is 17.7 Å². The van der Waals surface area contributed by atoms with Gasteiger partial charge in [0.1, 0.15) is 54.4 Å². The molecule has 1 saturated heterocycles. The van der Waals surface area contributed by atoms with E-state index in [0.717, 1.165) is 188 Å². The summed E-state index contributed by atoms with van der Waals surface area (Å²) >= 11 is 6.22. The fourth-order valence-electron chi connectivity index (χ4n) is 16.7. The maximum absolute atomic E-state index is 13.3. The number of benzene rings is 9. The van der Waals surface area contributed by atoms with Crippen molar-refractivity contribution in [3.05, 3.63) is 326 Å². The number of nitrogens with one attached hydrogen (secondary N) is 2. The Morgan fingerprint density at radius 1 is 0.400 bits per heavy atom. The van der Waals surface area contributed by atoms with Crippen molar-refractivity contribution in [3.8, 4) is 63.2 Å². The third kappa shape index (κ3) is 27.6. The molecule has 0 spiro atoms. The number of rotatable bonds is 36. The molecule has 0 atom stereocenters. The second-order valence-electron chi connectivity index (χ2n) is 35.4. The average Bonchev–Trinajstić information content (AvgIpc) is 1.22. The van der Waals surface area contributed by atoms with Crippen LogP contribution in [-0.2, 0) is 96.3 Å². The van der Waals surface area contributed by atoms with Gasteiger partial charge in [-0.3, -0.25) is 38.8 Å². The van der Waals surface area contributed by atoms with Crippen LogP contribution in [0.2, 0.25) is 0 Å². The van der Waals surface area contributed by atoms with E-state index >= 15 is 0 Å². The van der Waals surface area contributed by atoms with E-state index in [9.17, 15) is 19.2 Å². The molecule has 0 saturated carbocycles. The largest absolute Gasteiger partial charge is 0.497 e. The van der Waals surface area contributed by atoms with Crippen LogP contribution in [0.1, 0.15) is 158 Å². The lowest BCUT2D eigenvalue weighted by Crippen LogP contribution is -2.47. The number of ether oxygens (including phenoxy) is 11. The minimum absolute atomic E-state index is 0.000483. The van der Waals surface area contributed by atoms with Crippen LogP contribution in [0.3, 0.4) is 0 Å². The van der Waals surface area contributed by atoms with Gasteiger partial charge in [0, 0.05) is 145 Å². The first kappa shape index (κ1) is 99.6. The minimum atomic E-state index is -0.109. The molecule has 10 heterocycles. The van der Waals surface area contributed by atoms with Crippen molar-refractivity contribution in [1.29, 1.82) is 0 Å². The molecule has 4 aromatic heterocycles. The number of aryl methyl sites for hydroxylation is 2. The van der Waals surface area contributed by atoms with Crippen LogP contribution in [0.5, 0.6) is 63.2 Å². The van der Waals surface area contributed by atoms with E-state index < -0.39 is 0 Å². The predicted octanol–water partition coefficient (Wildman–Crippen LogP) is 18.8. The Morgan fingerprint density at radius 3 is 1.20 bits per heavy atom. The zero-order valence-electron chi connectivity index (χ0n) is 80.6. The van der Waals surface area contributed by atoms with Crippen LogP contribution in [-0.4, -0.2) is 172 Å². The number of aromatic nitrogens is 4. The van der Waals surface area contributed by atoms with Crippen LogP contribution in [0.25, 0.3) is 5.70 Å². The van der Waals surface area contributed by atoms with E-state index in [-0.39, 0.29) is 50.8 Å². The highest BCUT2D eigenvalue weighted by molar-refractivity contribution is 7.10. The van der Waals surface area contributed by atoms with Gasteiger partial charge in [0.15, 0.2) is 46.0 Å². The lowest BCUT2D eigenvalue weighted by Gasteiger charge is -2.36. The molecule has 9 aromatic carbocycles. The fraction of sp³-hybridized carbons (Fsp3) is 0.333. The molecule has 0 bridgehead atoms. The zero-order chi connectivity index (χ0) is 97.4. The standard InChI is InChI=1S/C30H29N3O4S.C29H34N4O5S.C25H29N3O3S.C24H27N3O3S/c1-35-25-9-6-21(7-10-25)15-32(16-22-8-11-27-28(14-22)37-20-36-27)18-29-31-26(19-38-29)30(34)33-13-12-23-4-2-3-5-24(23)17-33;1-20(32-9-11-33(12-10-32)21(2)34)25-18-39-29(30-25)17-31(15-22-5-8-26-28(13-22)38-19-37-26)16-23-6-7-24(35-3)14-27(23)36-4;1-17(2)11-26-25(29)21-15-32-24(27-21)14-28(12-19-6-4-18(3)5-7-19)13-20-8-9-22-23(10-20)31-16-30-22;1-3-10-25-24(28)20-15-31-23(26-20)14-27(12-18-6-4-17(2)5-7-18)13-19-8-9-21-22(11-19)30-16-29-21/h2-11,14,19H,12-13,15-18,20H2,1H3;5-8,13-14,18H,1,9-12,15-17,19H2,2-4H3;4-10,15,17H,11-14,16H2,1-3H3,(H,26,29);4-9,11,15H,3,10,12-14,16H2,1-2H3,(H,25,28). The predicted molar refractivity (Wildman–Crippen MR) is 543 cm³/mol. The summed E-state index contributed by atoms with van der Waals surface area (Å²) in [5.74, 6) is 8.92. The van der Waals surface area contributed by atoms with Gasteiger partial charge in [-0.1, -0.05) is 154 Å². The highest BCUT2D eigenvalue weighted by Gasteiger charge is 2.29. The summed E-state index contributed by atoms with van der Waals surface area (Å²) < 4.78 is 60.5. The first-order valence-electron chi connectivity index (χ1n) is 46.9. The molecule has 6 aliphatic rings. The molecular weight excluding hydrogens is 1850 g/mol. The van der Waals surface area contributed by atoms with Crippen LogP contribution in [0.15, 0.2) is 216 Å². The number of fused-ring (bicyclic) bond motifs is 5. The van der Waals surface area contributed by atoms with E-state index in [2.05, 4.69) is 188 Å². The number of hydrogen-bond donors (Lipinski definition) is 2. The minimum Gasteiger partial charge on any atom is -0.497 e. The SMILES string of the molecule is C=C(c1csc(CN(Cc2ccc3c(c2)OCO3)Cc2ccc(OC)cc2OC)n1)N1CCN(C(C)=O)CC1.CCCNC(=O)c1csc(CN(Cc2ccc(C)cc2)Cc2ccc3c(c2)OCO3)n1.COc1ccc(CN(Cc2ccc3c(c2)OCO3)Cc2nc(C(=O)N3CCc4ccccc4C3)cs2)cc1.Cc1ccc(CN(Cc2ccc3c(c2)OCO3)Cc2nc(C(=O)NCC(C)C)cs2)cc1. The van der Waals surface area contributed by atoms with Crippen LogP contribution in [0.4, 0.5) is 0 Å². The third-order valence-corrected chi connectivity index (χ3v) is 27.6. The quantitative estimate of drug-likeness (QED) is 0.0369. The number of nitrogens with zero attached hydrogens (tertiary/aromatic N) is 11. The number of thiazole rings is 4. The first-order valence-corrected chi connectivity index (χ1v) is 50.4. The van der Waals surface area contributed by atoms with Gasteiger partial charge in [0.05, 0.1) is 58.9 Å². The van der Waals surface area contributed by atoms with Crippen molar-refractivity contribution in [2.75, 3.05) is 94.3 Å². The van der Waals surface area contributed by atoms with E-state index in [1.807, 2.05) is 118 Å². The molecular formula is C108H119N13O15S4. The average molecular weight is 1970 g/mol. The molecule has 1 fully saturated rings. The van der Waals surface area contributed by atoms with Crippen LogP contribution >= 0.6 is 45.3 Å². The zero-order valence-corrected chi connectivity index (χ0v) is 83.8. The molecule has 6 aliphatic heterocycles. The topological polar surface area (TPSA) is 268 Å². The molecule has 2 N–H and O–H groups in total. The molecule has 730 valence electrons. The van der Waals surface area contributed by atoms with Crippen molar-refractivity contribution in [2.45, 2.75) is 139 Å². The Bertz CT molecular complexity index is 6380. The third-order valence-electron chi connectivity index (χ3n) is 24.2. The Labute approximate surface area is 833 Å². The smallest absolute Gasteiger partial charge is 0.273 e. The Hall–Kier alpha value is -13.4. The highest BCUT2D eigenvalue weighted by atomic mass is 32.1. The van der Waals surface area contributed by atoms with Gasteiger partial charge in [-0.25, -0.2) is 19.9 Å². The molecule has 13 aromatic rings. The van der Waals surface area contributed by atoms with Crippen molar-refractivity contribution in [2.24, 2.45) is 5.92 Å². The van der Waals surface area contributed by atoms with E-state index in [1.165, 1.54) is 73.0 Å². The summed E-state index contributed by atoms with van der Waals surface area (Å²) in [5, 5.41) is 17.2. The second-order valence-corrected chi connectivity index (χ2v) is 39.1. The highest BCUT2D eigenvalue weighted by Crippen LogP contribution is 2.39. The summed E-state index contributed by atoms with van der Waals surface area (Å²) in [6.07, 6.45) is 1.78. The van der Waals surface area contributed by atoms with Crippen molar-refractivity contribution in [3.63, 3.8) is 0 Å². The van der Waals surface area contributed by atoms with Crippen molar-refractivity contribution < 1.29 is 71.3 Å². The number of piperazine rings is 1. The molecule has 0 radical (unpaired) electrons. The monoisotopic (exact) mass is 1970 g/mol. The summed E-state index contributed by atoms with van der Waals surface area (Å²) in [7, 11) is 5.00. The van der Waals surface area contributed by atoms with E-state index in [4.69, 9.17) is 62.1 Å². The Kier molecular flexibility index (Phi) is 34.4. The van der Waals surface area contributed by atoms with Gasteiger partial charge >= 0.3 is 0 Å². The molecule has 0 aliphatic carbocycles. The molecule has 28 nitrogen and oxygen atoms in total. The fourth-order valence-corrected chi connectivity index (χ4v) is 20.0. The summed E-state index contributed by atoms with van der Waals surface area (Å²) in [6.45, 7) is 31.4. The van der Waals surface area contributed by atoms with Crippen LogP contribution in [0, 0.1) is 19.8 Å². The number of hydrogen-bond acceptors (Lipinski definition) is 28. The molecule has 32 heteroatoms. The number of carbonyl (C=O) groups is 4. The molecule has 140 heavy (non-hydrogen) atoms. The molecule has 4 amide bonds. The van der Waals surface area contributed by atoms with Gasteiger partial charge in [-0.15, -0.1) is 45.3 Å². The maximum atomic E-state index is 13.3.